The van der Waals surface area contributed by atoms with Crippen molar-refractivity contribution in [3.05, 3.63) is 101 Å². The Morgan fingerprint density at radius 1 is 0.882 bits per heavy atom. The molecule has 5 nitrogen and oxygen atoms in total. The second-order valence-corrected chi connectivity index (χ2v) is 11.4. The van der Waals surface area contributed by atoms with Crippen LogP contribution in [0.3, 0.4) is 0 Å². The van der Waals surface area contributed by atoms with E-state index in [1.807, 2.05) is 41.3 Å². The minimum absolute atomic E-state index is 0.142. The summed E-state index contributed by atoms with van der Waals surface area (Å²) in [5.41, 5.74) is 2.23. The largest absolute Gasteiger partial charge is 0.341 e. The van der Waals surface area contributed by atoms with E-state index >= 15 is 0 Å². The molecular weight excluding hydrogens is 512 g/mol. The topological polar surface area (TPSA) is 66.5 Å². The lowest BCUT2D eigenvalue weighted by Gasteiger charge is -2.34. The summed E-state index contributed by atoms with van der Waals surface area (Å²) >= 11 is 3.33. The summed E-state index contributed by atoms with van der Waals surface area (Å²) in [6, 6.07) is 25.5. The maximum Gasteiger partial charge on any atom is 0.241 e. The molecule has 1 atom stereocenters. The van der Waals surface area contributed by atoms with Crippen LogP contribution < -0.4 is 4.72 Å². The summed E-state index contributed by atoms with van der Waals surface area (Å²) in [5.74, 6) is 0.362. The molecule has 1 aliphatic rings. The Morgan fingerprint density at radius 3 is 2.03 bits per heavy atom. The highest BCUT2D eigenvalue weighted by atomic mass is 79.9. The maximum absolute atomic E-state index is 13.5. The van der Waals surface area contributed by atoms with Crippen LogP contribution in [0.15, 0.2) is 94.3 Å². The van der Waals surface area contributed by atoms with Crippen molar-refractivity contribution in [2.45, 2.75) is 36.6 Å². The third-order valence-corrected chi connectivity index (χ3v) is 8.31. The molecule has 1 saturated heterocycles. The van der Waals surface area contributed by atoms with Crippen molar-refractivity contribution >= 4 is 31.9 Å². The number of hydrogen-bond acceptors (Lipinski definition) is 3. The van der Waals surface area contributed by atoms with E-state index in [1.165, 1.54) is 17.7 Å². The minimum atomic E-state index is -3.85. The molecule has 4 rings (SSSR count). The highest BCUT2D eigenvalue weighted by Crippen LogP contribution is 2.23. The standard InChI is InChI=1S/C27H29BrN2O3S/c28-24-11-13-25(14-12-24)34(32,33)29-26(20-22-9-5-2-6-10-22)27(31)30-17-15-23(16-18-30)19-21-7-3-1-4-8-21/h1-14,23,26,29H,15-20H2/t26-/m0/s1. The molecule has 0 unspecified atom stereocenters. The van der Waals surface area contributed by atoms with Gasteiger partial charge in [-0.15, -0.1) is 0 Å². The fourth-order valence-corrected chi connectivity index (χ4v) is 5.88. The Kier molecular flexibility index (Phi) is 8.19. The molecule has 1 aliphatic heterocycles. The first kappa shape index (κ1) is 24.6. The first-order valence-corrected chi connectivity index (χ1v) is 13.8. The number of hydrogen-bond donors (Lipinski definition) is 1. The molecule has 178 valence electrons. The number of amides is 1. The molecule has 1 heterocycles. The number of piperidine rings is 1. The number of carbonyl (C=O) groups is 1. The molecule has 0 saturated carbocycles. The third kappa shape index (κ3) is 6.56. The van der Waals surface area contributed by atoms with Crippen LogP contribution in [0.25, 0.3) is 0 Å². The van der Waals surface area contributed by atoms with Gasteiger partial charge in [-0.25, -0.2) is 8.42 Å². The smallest absolute Gasteiger partial charge is 0.241 e. The molecule has 1 fully saturated rings. The number of benzene rings is 3. The van der Waals surface area contributed by atoms with Gasteiger partial charge >= 0.3 is 0 Å². The van der Waals surface area contributed by atoms with Crippen molar-refractivity contribution in [1.82, 2.24) is 9.62 Å². The second kappa shape index (κ2) is 11.3. The van der Waals surface area contributed by atoms with Crippen LogP contribution in [0, 0.1) is 5.92 Å². The van der Waals surface area contributed by atoms with Gasteiger partial charge in [0.25, 0.3) is 0 Å². The van der Waals surface area contributed by atoms with E-state index in [4.69, 9.17) is 0 Å². The number of halogens is 1. The van der Waals surface area contributed by atoms with E-state index in [0.717, 1.165) is 29.3 Å². The molecular formula is C27H29BrN2O3S. The van der Waals surface area contributed by atoms with Gasteiger partial charge in [0.1, 0.15) is 6.04 Å². The van der Waals surface area contributed by atoms with Gasteiger partial charge in [0, 0.05) is 17.6 Å². The minimum Gasteiger partial charge on any atom is -0.341 e. The molecule has 0 bridgehead atoms. The molecule has 1 N–H and O–H groups in total. The van der Waals surface area contributed by atoms with E-state index in [2.05, 4.69) is 44.9 Å². The Hall–Kier alpha value is -2.48. The van der Waals surface area contributed by atoms with Gasteiger partial charge in [-0.2, -0.15) is 4.72 Å². The van der Waals surface area contributed by atoms with Gasteiger partial charge in [-0.3, -0.25) is 4.79 Å². The Morgan fingerprint density at radius 2 is 1.44 bits per heavy atom. The van der Waals surface area contributed by atoms with Crippen LogP contribution in [0.4, 0.5) is 0 Å². The quantitative estimate of drug-likeness (QED) is 0.445. The number of rotatable bonds is 8. The van der Waals surface area contributed by atoms with Gasteiger partial charge in [0.15, 0.2) is 0 Å². The summed E-state index contributed by atoms with van der Waals surface area (Å²) in [6.07, 6.45) is 3.14. The van der Waals surface area contributed by atoms with E-state index in [0.29, 0.717) is 25.4 Å². The molecule has 0 aliphatic carbocycles. The van der Waals surface area contributed by atoms with E-state index in [-0.39, 0.29) is 10.8 Å². The molecule has 7 heteroatoms. The average molecular weight is 542 g/mol. The monoisotopic (exact) mass is 540 g/mol. The zero-order chi connectivity index (χ0) is 24.0. The van der Waals surface area contributed by atoms with Crippen molar-refractivity contribution in [3.63, 3.8) is 0 Å². The normalized spacial score (nSPS) is 15.7. The zero-order valence-corrected chi connectivity index (χ0v) is 21.3. The van der Waals surface area contributed by atoms with Crippen molar-refractivity contribution < 1.29 is 13.2 Å². The fraction of sp³-hybridized carbons (Fsp3) is 0.296. The summed E-state index contributed by atoms with van der Waals surface area (Å²) in [5, 5.41) is 0. The lowest BCUT2D eigenvalue weighted by Crippen LogP contribution is -2.51. The maximum atomic E-state index is 13.5. The lowest BCUT2D eigenvalue weighted by atomic mass is 9.90. The molecule has 0 aromatic heterocycles. The SMILES string of the molecule is O=C([C@H](Cc1ccccc1)NS(=O)(=O)c1ccc(Br)cc1)N1CCC(Cc2ccccc2)CC1. The lowest BCUT2D eigenvalue weighted by molar-refractivity contribution is -0.134. The second-order valence-electron chi connectivity index (χ2n) is 8.78. The molecule has 3 aromatic carbocycles. The van der Waals surface area contributed by atoms with Crippen LogP contribution in [-0.4, -0.2) is 38.4 Å². The number of likely N-dealkylation sites (tertiary alicyclic amines) is 1. The number of nitrogens with one attached hydrogen (secondary N) is 1. The first-order chi connectivity index (χ1) is 16.4. The van der Waals surface area contributed by atoms with Crippen molar-refractivity contribution in [1.29, 1.82) is 0 Å². The van der Waals surface area contributed by atoms with Crippen LogP contribution in [0.1, 0.15) is 24.0 Å². The van der Waals surface area contributed by atoms with Crippen molar-refractivity contribution in [2.24, 2.45) is 5.92 Å². The predicted octanol–water partition coefficient (Wildman–Crippen LogP) is 4.82. The molecule has 34 heavy (non-hydrogen) atoms. The summed E-state index contributed by atoms with van der Waals surface area (Å²) in [4.78, 5) is 15.5. The van der Waals surface area contributed by atoms with Gasteiger partial charge in [-0.1, -0.05) is 76.6 Å². The van der Waals surface area contributed by atoms with E-state index < -0.39 is 16.1 Å². The average Bonchev–Trinajstić information content (AvgIpc) is 2.85. The van der Waals surface area contributed by atoms with Gasteiger partial charge in [0.2, 0.25) is 15.9 Å². The van der Waals surface area contributed by atoms with Crippen LogP contribution in [0.2, 0.25) is 0 Å². The molecule has 1 amide bonds. The van der Waals surface area contributed by atoms with Crippen LogP contribution in [-0.2, 0) is 27.7 Å². The molecule has 0 radical (unpaired) electrons. The highest BCUT2D eigenvalue weighted by molar-refractivity contribution is 9.10. The number of sulfonamides is 1. The summed E-state index contributed by atoms with van der Waals surface area (Å²) in [7, 11) is -3.85. The molecule has 3 aromatic rings. The Labute approximate surface area is 210 Å². The van der Waals surface area contributed by atoms with Crippen LogP contribution in [0.5, 0.6) is 0 Å². The van der Waals surface area contributed by atoms with Crippen molar-refractivity contribution in [2.75, 3.05) is 13.1 Å². The third-order valence-electron chi connectivity index (χ3n) is 6.30. The van der Waals surface area contributed by atoms with Gasteiger partial charge < -0.3 is 4.90 Å². The summed E-state index contributed by atoms with van der Waals surface area (Å²) in [6.45, 7) is 1.28. The number of nitrogens with zero attached hydrogens (tertiary/aromatic N) is 1. The number of carbonyl (C=O) groups excluding carboxylic acids is 1. The first-order valence-electron chi connectivity index (χ1n) is 11.6. The highest BCUT2D eigenvalue weighted by Gasteiger charge is 2.31. The molecule has 0 spiro atoms. The zero-order valence-electron chi connectivity index (χ0n) is 18.9. The Bertz CT molecular complexity index is 1180. The van der Waals surface area contributed by atoms with Gasteiger partial charge in [-0.05, 0) is 67.0 Å². The van der Waals surface area contributed by atoms with Crippen molar-refractivity contribution in [3.8, 4) is 0 Å². The fourth-order valence-electron chi connectivity index (χ4n) is 4.42. The summed E-state index contributed by atoms with van der Waals surface area (Å²) < 4.78 is 29.7. The van der Waals surface area contributed by atoms with E-state index in [9.17, 15) is 13.2 Å². The van der Waals surface area contributed by atoms with Crippen LogP contribution >= 0.6 is 15.9 Å². The van der Waals surface area contributed by atoms with Gasteiger partial charge in [0.05, 0.1) is 4.90 Å². The Balaban J connectivity index is 1.46. The predicted molar refractivity (Wildman–Crippen MR) is 138 cm³/mol. The van der Waals surface area contributed by atoms with E-state index in [1.54, 1.807) is 12.1 Å².